The van der Waals surface area contributed by atoms with Crippen molar-refractivity contribution in [3.05, 3.63) is 87.9 Å². The highest BCUT2D eigenvalue weighted by molar-refractivity contribution is 9.10. The van der Waals surface area contributed by atoms with Crippen LogP contribution in [0.25, 0.3) is 0 Å². The van der Waals surface area contributed by atoms with Crippen LogP contribution in [0.15, 0.2) is 76.1 Å². The fraction of sp³-hybridized carbons (Fsp3) is 0.296. The molecule has 0 fully saturated rings. The molecule has 1 amide bonds. The molecule has 0 N–H and O–H groups in total. The van der Waals surface area contributed by atoms with Crippen LogP contribution in [-0.2, 0) is 27.7 Å². The van der Waals surface area contributed by atoms with E-state index < -0.39 is 10.0 Å². The van der Waals surface area contributed by atoms with E-state index >= 15 is 0 Å². The molecule has 184 valence electrons. The normalized spacial score (nSPS) is 15.3. The van der Waals surface area contributed by atoms with Crippen molar-refractivity contribution in [3.8, 4) is 5.75 Å². The van der Waals surface area contributed by atoms with Gasteiger partial charge in [0.25, 0.3) is 0 Å². The van der Waals surface area contributed by atoms with Crippen LogP contribution >= 0.6 is 15.9 Å². The number of sulfonamides is 1. The standard InChI is InChI=1S/C27H29BrN2O4S/c1-19-15-24(10-12-26(19)34-3)35(32,33)29(14-13-21-7-5-4-6-8-21)18-27(31)30-20(2)16-22-17-23(28)9-11-25(22)30/h4-12,15,17,20H,13-14,16,18H2,1-3H3. The molecule has 0 aliphatic carbocycles. The number of halogens is 1. The van der Waals surface area contributed by atoms with Gasteiger partial charge in [0.2, 0.25) is 15.9 Å². The molecule has 3 aromatic rings. The third-order valence-electron chi connectivity index (χ3n) is 6.33. The Hall–Kier alpha value is -2.68. The fourth-order valence-corrected chi connectivity index (χ4v) is 6.43. The van der Waals surface area contributed by atoms with Crippen LogP contribution in [0.5, 0.6) is 5.75 Å². The average molecular weight is 558 g/mol. The molecule has 0 bridgehead atoms. The molecule has 8 heteroatoms. The van der Waals surface area contributed by atoms with Gasteiger partial charge in [-0.05, 0) is 79.8 Å². The van der Waals surface area contributed by atoms with Gasteiger partial charge in [0.15, 0.2) is 0 Å². The second-order valence-corrected chi connectivity index (χ2v) is 11.6. The van der Waals surface area contributed by atoms with Crippen molar-refractivity contribution in [2.24, 2.45) is 0 Å². The van der Waals surface area contributed by atoms with Gasteiger partial charge < -0.3 is 9.64 Å². The molecule has 0 saturated carbocycles. The van der Waals surface area contributed by atoms with E-state index in [-0.39, 0.29) is 29.9 Å². The van der Waals surface area contributed by atoms with E-state index in [1.807, 2.05) is 55.5 Å². The summed E-state index contributed by atoms with van der Waals surface area (Å²) < 4.78 is 35.0. The van der Waals surface area contributed by atoms with Gasteiger partial charge >= 0.3 is 0 Å². The summed E-state index contributed by atoms with van der Waals surface area (Å²) in [6.07, 6.45) is 1.23. The van der Waals surface area contributed by atoms with Crippen LogP contribution in [0.3, 0.4) is 0 Å². The minimum Gasteiger partial charge on any atom is -0.496 e. The van der Waals surface area contributed by atoms with Crippen LogP contribution < -0.4 is 9.64 Å². The van der Waals surface area contributed by atoms with Gasteiger partial charge in [0, 0.05) is 22.7 Å². The number of rotatable bonds is 8. The Balaban J connectivity index is 1.64. The molecule has 0 spiro atoms. The van der Waals surface area contributed by atoms with Gasteiger partial charge in [-0.15, -0.1) is 0 Å². The molecule has 4 rings (SSSR count). The molecule has 1 aliphatic heterocycles. The Kier molecular flexibility index (Phi) is 7.64. The van der Waals surface area contributed by atoms with E-state index in [9.17, 15) is 13.2 Å². The van der Waals surface area contributed by atoms with Crippen molar-refractivity contribution in [3.63, 3.8) is 0 Å². The number of methoxy groups -OCH3 is 1. The van der Waals surface area contributed by atoms with Crippen molar-refractivity contribution in [1.29, 1.82) is 0 Å². The predicted molar refractivity (Wildman–Crippen MR) is 141 cm³/mol. The van der Waals surface area contributed by atoms with E-state index in [0.717, 1.165) is 33.3 Å². The zero-order valence-corrected chi connectivity index (χ0v) is 22.5. The zero-order chi connectivity index (χ0) is 25.2. The Morgan fingerprint density at radius 1 is 1.11 bits per heavy atom. The number of benzene rings is 3. The monoisotopic (exact) mass is 556 g/mol. The third kappa shape index (κ3) is 5.44. The lowest BCUT2D eigenvalue weighted by atomic mass is 10.1. The summed E-state index contributed by atoms with van der Waals surface area (Å²) >= 11 is 3.49. The largest absolute Gasteiger partial charge is 0.496 e. The first-order chi connectivity index (χ1) is 16.7. The summed E-state index contributed by atoms with van der Waals surface area (Å²) in [6, 6.07) is 20.3. The number of hydrogen-bond donors (Lipinski definition) is 0. The second kappa shape index (κ2) is 10.5. The number of ether oxygens (including phenoxy) is 1. The molecular weight excluding hydrogens is 528 g/mol. The van der Waals surface area contributed by atoms with Crippen molar-refractivity contribution < 1.29 is 17.9 Å². The maximum absolute atomic E-state index is 13.7. The fourth-order valence-electron chi connectivity index (χ4n) is 4.55. The molecule has 6 nitrogen and oxygen atoms in total. The maximum atomic E-state index is 13.7. The van der Waals surface area contributed by atoms with Crippen LogP contribution in [-0.4, -0.2) is 44.9 Å². The number of carbonyl (C=O) groups is 1. The third-order valence-corrected chi connectivity index (χ3v) is 8.67. The second-order valence-electron chi connectivity index (χ2n) is 8.80. The number of aryl methyl sites for hydroxylation is 1. The Labute approximate surface area is 215 Å². The van der Waals surface area contributed by atoms with Crippen LogP contribution in [0.4, 0.5) is 5.69 Å². The summed E-state index contributed by atoms with van der Waals surface area (Å²) in [4.78, 5) is 15.4. The smallest absolute Gasteiger partial charge is 0.243 e. The van der Waals surface area contributed by atoms with E-state index in [1.54, 1.807) is 31.1 Å². The van der Waals surface area contributed by atoms with E-state index in [1.165, 1.54) is 10.4 Å². The topological polar surface area (TPSA) is 66.9 Å². The van der Waals surface area contributed by atoms with Crippen molar-refractivity contribution in [2.45, 2.75) is 37.6 Å². The summed E-state index contributed by atoms with van der Waals surface area (Å²) in [5.41, 5.74) is 3.64. The first-order valence-corrected chi connectivity index (χ1v) is 13.7. The molecule has 0 saturated heterocycles. The molecule has 1 atom stereocenters. The highest BCUT2D eigenvalue weighted by atomic mass is 79.9. The van der Waals surface area contributed by atoms with Crippen LogP contribution in [0.1, 0.15) is 23.6 Å². The van der Waals surface area contributed by atoms with E-state index in [0.29, 0.717) is 12.2 Å². The zero-order valence-electron chi connectivity index (χ0n) is 20.1. The van der Waals surface area contributed by atoms with Gasteiger partial charge in [-0.3, -0.25) is 4.79 Å². The minimum atomic E-state index is -3.92. The Morgan fingerprint density at radius 2 is 1.86 bits per heavy atom. The van der Waals surface area contributed by atoms with Crippen molar-refractivity contribution >= 4 is 37.5 Å². The lowest BCUT2D eigenvalue weighted by molar-refractivity contribution is -0.119. The number of carbonyl (C=O) groups excluding carboxylic acids is 1. The van der Waals surface area contributed by atoms with Crippen molar-refractivity contribution in [1.82, 2.24) is 4.31 Å². The summed E-state index contributed by atoms with van der Waals surface area (Å²) in [5.74, 6) is 0.380. The molecule has 1 unspecified atom stereocenters. The highest BCUT2D eigenvalue weighted by Crippen LogP contribution is 2.34. The van der Waals surface area contributed by atoms with Gasteiger partial charge in [-0.2, -0.15) is 4.31 Å². The van der Waals surface area contributed by atoms with E-state index in [2.05, 4.69) is 15.9 Å². The summed E-state index contributed by atoms with van der Waals surface area (Å²) in [5, 5.41) is 0. The number of nitrogens with zero attached hydrogens (tertiary/aromatic N) is 2. The van der Waals surface area contributed by atoms with Gasteiger partial charge in [0.05, 0.1) is 18.6 Å². The Morgan fingerprint density at radius 3 is 2.54 bits per heavy atom. The summed E-state index contributed by atoms with van der Waals surface area (Å²) in [7, 11) is -2.37. The van der Waals surface area contributed by atoms with Crippen molar-refractivity contribution in [2.75, 3.05) is 25.1 Å². The maximum Gasteiger partial charge on any atom is 0.243 e. The lowest BCUT2D eigenvalue weighted by Crippen LogP contribution is -2.45. The van der Waals surface area contributed by atoms with Crippen LogP contribution in [0.2, 0.25) is 0 Å². The van der Waals surface area contributed by atoms with Gasteiger partial charge in [-0.25, -0.2) is 8.42 Å². The molecule has 0 aromatic heterocycles. The number of amides is 1. The van der Waals surface area contributed by atoms with Gasteiger partial charge in [-0.1, -0.05) is 46.3 Å². The number of anilines is 1. The molecule has 1 heterocycles. The van der Waals surface area contributed by atoms with Gasteiger partial charge in [0.1, 0.15) is 5.75 Å². The molecule has 1 aliphatic rings. The number of hydrogen-bond acceptors (Lipinski definition) is 4. The van der Waals surface area contributed by atoms with E-state index in [4.69, 9.17) is 4.74 Å². The molecular formula is C27H29BrN2O4S. The quantitative estimate of drug-likeness (QED) is 0.392. The highest BCUT2D eigenvalue weighted by Gasteiger charge is 2.34. The predicted octanol–water partition coefficient (Wildman–Crippen LogP) is 4.98. The summed E-state index contributed by atoms with van der Waals surface area (Å²) in [6.45, 7) is 3.75. The Bertz CT molecular complexity index is 1330. The first-order valence-electron chi connectivity index (χ1n) is 11.5. The molecule has 3 aromatic carbocycles. The number of fused-ring (bicyclic) bond motifs is 1. The SMILES string of the molecule is COc1ccc(S(=O)(=O)N(CCc2ccccc2)CC(=O)N2c3ccc(Br)cc3CC2C)cc1C. The lowest BCUT2D eigenvalue weighted by Gasteiger charge is -2.28. The average Bonchev–Trinajstić information content (AvgIpc) is 3.16. The molecule has 35 heavy (non-hydrogen) atoms. The first kappa shape index (κ1) is 25.4. The van der Waals surface area contributed by atoms with Crippen LogP contribution in [0, 0.1) is 6.92 Å². The minimum absolute atomic E-state index is 0.0475. The molecule has 0 radical (unpaired) electrons.